The van der Waals surface area contributed by atoms with Gasteiger partial charge in [-0.2, -0.15) is 0 Å². The van der Waals surface area contributed by atoms with Crippen LogP contribution in [0.2, 0.25) is 0 Å². The second-order valence-electron chi connectivity index (χ2n) is 6.72. The van der Waals surface area contributed by atoms with Gasteiger partial charge in [0.05, 0.1) is 12.1 Å². The number of carbonyl (C=O) groups excluding carboxylic acids is 1. The van der Waals surface area contributed by atoms with Gasteiger partial charge in [-0.25, -0.2) is 4.98 Å². The molecule has 0 aliphatic carbocycles. The van der Waals surface area contributed by atoms with Crippen molar-refractivity contribution in [2.75, 3.05) is 26.2 Å². The molecule has 0 bridgehead atoms. The molecule has 0 aromatic carbocycles. The van der Waals surface area contributed by atoms with E-state index in [2.05, 4.69) is 19.0 Å². The third-order valence-electron chi connectivity index (χ3n) is 5.17. The number of aryl methyl sites for hydroxylation is 2. The normalized spacial score (nSPS) is 16.4. The lowest BCUT2D eigenvalue weighted by molar-refractivity contribution is 0.0760. The predicted octanol–water partition coefficient (Wildman–Crippen LogP) is 1.72. The van der Waals surface area contributed by atoms with Gasteiger partial charge in [0.2, 0.25) is 0 Å². The molecular formula is C18H27N5O. The molecule has 3 heterocycles. The number of hydrogen-bond donors (Lipinski definition) is 0. The SMILES string of the molecule is Cc1cc(C(=O)N2CCCN(Cc3nccn3C)CC2)c(C)n1C. The van der Waals surface area contributed by atoms with Crippen LogP contribution in [0.3, 0.4) is 0 Å². The molecule has 1 fully saturated rings. The largest absolute Gasteiger partial charge is 0.351 e. The fourth-order valence-corrected chi connectivity index (χ4v) is 3.32. The summed E-state index contributed by atoms with van der Waals surface area (Å²) < 4.78 is 4.14. The summed E-state index contributed by atoms with van der Waals surface area (Å²) in [7, 11) is 4.04. The average Bonchev–Trinajstić information content (AvgIpc) is 2.96. The van der Waals surface area contributed by atoms with Crippen LogP contribution in [0.4, 0.5) is 0 Å². The Hall–Kier alpha value is -2.08. The fourth-order valence-electron chi connectivity index (χ4n) is 3.32. The molecular weight excluding hydrogens is 302 g/mol. The highest BCUT2D eigenvalue weighted by molar-refractivity contribution is 5.95. The summed E-state index contributed by atoms with van der Waals surface area (Å²) >= 11 is 0. The zero-order valence-electron chi connectivity index (χ0n) is 15.1. The van der Waals surface area contributed by atoms with Gasteiger partial charge in [-0.05, 0) is 26.3 Å². The van der Waals surface area contributed by atoms with Gasteiger partial charge in [0.15, 0.2) is 0 Å². The van der Waals surface area contributed by atoms with Crippen molar-refractivity contribution in [3.05, 3.63) is 41.2 Å². The minimum Gasteiger partial charge on any atom is -0.351 e. The first-order valence-electron chi connectivity index (χ1n) is 8.58. The summed E-state index contributed by atoms with van der Waals surface area (Å²) in [5, 5.41) is 0. The molecule has 0 N–H and O–H groups in total. The van der Waals surface area contributed by atoms with Gasteiger partial charge >= 0.3 is 0 Å². The Morgan fingerprint density at radius 2 is 1.96 bits per heavy atom. The molecule has 0 atom stereocenters. The van der Waals surface area contributed by atoms with Gasteiger partial charge in [-0.1, -0.05) is 0 Å². The predicted molar refractivity (Wildman–Crippen MR) is 93.9 cm³/mol. The Kier molecular flexibility index (Phi) is 4.76. The molecule has 1 saturated heterocycles. The van der Waals surface area contributed by atoms with E-state index in [1.807, 2.05) is 51.3 Å². The van der Waals surface area contributed by atoms with Crippen molar-refractivity contribution in [3.63, 3.8) is 0 Å². The molecule has 2 aromatic heterocycles. The standard InChI is InChI=1S/C18H27N5O/c1-14-12-16(15(2)21(14)4)18(24)23-8-5-7-22(10-11-23)13-17-19-6-9-20(17)3/h6,9,12H,5,7-8,10-11,13H2,1-4H3. The van der Waals surface area contributed by atoms with Gasteiger partial charge in [0.1, 0.15) is 5.82 Å². The smallest absolute Gasteiger partial charge is 0.255 e. The molecule has 24 heavy (non-hydrogen) atoms. The zero-order valence-corrected chi connectivity index (χ0v) is 15.1. The second kappa shape index (κ2) is 6.81. The van der Waals surface area contributed by atoms with Crippen LogP contribution in [-0.4, -0.2) is 56.0 Å². The maximum Gasteiger partial charge on any atom is 0.255 e. The lowest BCUT2D eigenvalue weighted by atomic mass is 10.2. The molecule has 6 nitrogen and oxygen atoms in total. The highest BCUT2D eigenvalue weighted by Crippen LogP contribution is 2.17. The van der Waals surface area contributed by atoms with E-state index in [0.717, 1.165) is 61.9 Å². The summed E-state index contributed by atoms with van der Waals surface area (Å²) in [6, 6.07) is 2.01. The minimum atomic E-state index is 0.162. The lowest BCUT2D eigenvalue weighted by Gasteiger charge is -2.22. The van der Waals surface area contributed by atoms with Crippen molar-refractivity contribution in [1.29, 1.82) is 0 Å². The van der Waals surface area contributed by atoms with E-state index in [1.54, 1.807) is 0 Å². The molecule has 3 rings (SSSR count). The number of hydrogen-bond acceptors (Lipinski definition) is 3. The molecule has 1 amide bonds. The molecule has 2 aromatic rings. The average molecular weight is 329 g/mol. The van der Waals surface area contributed by atoms with Crippen molar-refractivity contribution in [1.82, 2.24) is 23.9 Å². The van der Waals surface area contributed by atoms with Crippen molar-refractivity contribution >= 4 is 5.91 Å². The Morgan fingerprint density at radius 1 is 1.17 bits per heavy atom. The van der Waals surface area contributed by atoms with Gasteiger partial charge in [-0.3, -0.25) is 9.69 Å². The van der Waals surface area contributed by atoms with E-state index in [9.17, 15) is 4.79 Å². The van der Waals surface area contributed by atoms with E-state index < -0.39 is 0 Å². The molecule has 130 valence electrons. The molecule has 0 unspecified atom stereocenters. The van der Waals surface area contributed by atoms with Crippen molar-refractivity contribution in [2.45, 2.75) is 26.8 Å². The van der Waals surface area contributed by atoms with Crippen LogP contribution in [0, 0.1) is 13.8 Å². The zero-order chi connectivity index (χ0) is 17.3. The van der Waals surface area contributed by atoms with Gasteiger partial charge in [0.25, 0.3) is 5.91 Å². The van der Waals surface area contributed by atoms with E-state index in [1.165, 1.54) is 0 Å². The molecule has 1 aliphatic rings. The maximum absolute atomic E-state index is 12.9. The van der Waals surface area contributed by atoms with Crippen molar-refractivity contribution < 1.29 is 4.79 Å². The summed E-state index contributed by atoms with van der Waals surface area (Å²) in [4.78, 5) is 21.7. The van der Waals surface area contributed by atoms with Gasteiger partial charge < -0.3 is 14.0 Å². The molecule has 6 heteroatoms. The highest BCUT2D eigenvalue weighted by atomic mass is 16.2. The summed E-state index contributed by atoms with van der Waals surface area (Å²) in [6.07, 6.45) is 4.81. The van der Waals surface area contributed by atoms with Crippen molar-refractivity contribution in [3.8, 4) is 0 Å². The van der Waals surface area contributed by atoms with E-state index in [4.69, 9.17) is 0 Å². The van der Waals surface area contributed by atoms with E-state index in [-0.39, 0.29) is 5.91 Å². The number of nitrogens with zero attached hydrogens (tertiary/aromatic N) is 5. The number of carbonyl (C=O) groups is 1. The maximum atomic E-state index is 12.9. The number of amides is 1. The first kappa shape index (κ1) is 16.8. The molecule has 1 aliphatic heterocycles. The van der Waals surface area contributed by atoms with Gasteiger partial charge in [0, 0.05) is 64.1 Å². The highest BCUT2D eigenvalue weighted by Gasteiger charge is 2.23. The van der Waals surface area contributed by atoms with Crippen LogP contribution in [0.25, 0.3) is 0 Å². The third-order valence-corrected chi connectivity index (χ3v) is 5.17. The fraction of sp³-hybridized carbons (Fsp3) is 0.556. The summed E-state index contributed by atoms with van der Waals surface area (Å²) in [5.41, 5.74) is 3.02. The Morgan fingerprint density at radius 3 is 2.58 bits per heavy atom. The van der Waals surface area contributed by atoms with Crippen LogP contribution in [0.15, 0.2) is 18.5 Å². The molecule has 0 saturated carbocycles. The van der Waals surface area contributed by atoms with Crippen LogP contribution in [0.5, 0.6) is 0 Å². The van der Waals surface area contributed by atoms with Crippen LogP contribution in [-0.2, 0) is 20.6 Å². The third kappa shape index (κ3) is 3.24. The van der Waals surface area contributed by atoms with Crippen molar-refractivity contribution in [2.24, 2.45) is 14.1 Å². The lowest BCUT2D eigenvalue weighted by Crippen LogP contribution is -2.35. The minimum absolute atomic E-state index is 0.162. The van der Waals surface area contributed by atoms with E-state index >= 15 is 0 Å². The van der Waals surface area contributed by atoms with Crippen LogP contribution < -0.4 is 0 Å². The topological polar surface area (TPSA) is 46.3 Å². The Bertz CT molecular complexity index is 730. The second-order valence-corrected chi connectivity index (χ2v) is 6.72. The molecule has 0 radical (unpaired) electrons. The summed E-state index contributed by atoms with van der Waals surface area (Å²) in [5.74, 6) is 1.24. The number of aromatic nitrogens is 3. The number of rotatable bonds is 3. The number of imidazole rings is 1. The van der Waals surface area contributed by atoms with E-state index in [0.29, 0.717) is 0 Å². The monoisotopic (exact) mass is 329 g/mol. The summed E-state index contributed by atoms with van der Waals surface area (Å²) in [6.45, 7) is 8.40. The first-order valence-corrected chi connectivity index (χ1v) is 8.58. The Labute approximate surface area is 143 Å². The van der Waals surface area contributed by atoms with Gasteiger partial charge in [-0.15, -0.1) is 0 Å². The Balaban J connectivity index is 1.65. The van der Waals surface area contributed by atoms with Crippen LogP contribution >= 0.6 is 0 Å². The molecule has 0 spiro atoms. The quantitative estimate of drug-likeness (QED) is 0.861. The first-order chi connectivity index (χ1) is 11.5. The van der Waals surface area contributed by atoms with Crippen LogP contribution in [0.1, 0.15) is 34.0 Å².